The third-order valence-electron chi connectivity index (χ3n) is 5.60. The molecule has 1 aliphatic rings. The fraction of sp³-hybridized carbons (Fsp3) is 0.0800. The van der Waals surface area contributed by atoms with Gasteiger partial charge in [0, 0.05) is 29.8 Å². The zero-order valence-electron chi connectivity index (χ0n) is 17.7. The summed E-state index contributed by atoms with van der Waals surface area (Å²) in [5.74, 6) is 2.70. The molecule has 1 N–H and O–H groups in total. The summed E-state index contributed by atoms with van der Waals surface area (Å²) < 4.78 is 7.02. The zero-order valence-corrected chi connectivity index (χ0v) is 17.7. The quantitative estimate of drug-likeness (QED) is 0.399. The highest BCUT2D eigenvalue weighted by atomic mass is 16.5. The van der Waals surface area contributed by atoms with E-state index in [4.69, 9.17) is 4.52 Å². The van der Waals surface area contributed by atoms with E-state index in [0.29, 0.717) is 17.3 Å². The molecular weight excluding hydrogens is 416 g/mol. The van der Waals surface area contributed by atoms with Gasteiger partial charge in [-0.1, -0.05) is 41.6 Å². The number of anilines is 2. The summed E-state index contributed by atoms with van der Waals surface area (Å²) in [6.07, 6.45) is 2.00. The maximum atomic E-state index is 12.5. The van der Waals surface area contributed by atoms with Crippen LogP contribution in [0.25, 0.3) is 28.5 Å². The number of carbonyl (C=O) groups excluding carboxylic acids is 1. The second-order valence-corrected chi connectivity index (χ2v) is 7.84. The lowest BCUT2D eigenvalue weighted by Gasteiger charge is -2.11. The molecule has 8 nitrogen and oxygen atoms in total. The molecule has 0 fully saturated rings. The molecule has 2 aromatic carbocycles. The smallest absolute Gasteiger partial charge is 0.189 e. The highest BCUT2D eigenvalue weighted by Gasteiger charge is 2.24. The van der Waals surface area contributed by atoms with E-state index in [-0.39, 0.29) is 12.2 Å². The van der Waals surface area contributed by atoms with Crippen LogP contribution < -0.4 is 5.32 Å². The molecule has 1 aliphatic heterocycles. The monoisotopic (exact) mass is 434 g/mol. The standard InChI is InChI=1S/C25H18N6O2/c1-15-13-20(30-33-15)22(32)14-16-8-10-17(11-9-16)24-28-29-25-18-5-2-3-6-19(18)27-23-21(31(24)25)7-4-12-26-23/h2-13H,14H2,1H3,(H,26,27). The molecule has 5 aromatic rings. The summed E-state index contributed by atoms with van der Waals surface area (Å²) in [5, 5.41) is 16.3. The normalized spacial score (nSPS) is 11.7. The molecule has 6 rings (SSSR count). The second-order valence-electron chi connectivity index (χ2n) is 7.84. The number of nitrogens with zero attached hydrogens (tertiary/aromatic N) is 5. The van der Waals surface area contributed by atoms with E-state index in [1.54, 1.807) is 19.2 Å². The highest BCUT2D eigenvalue weighted by Crippen LogP contribution is 2.38. The van der Waals surface area contributed by atoms with Crippen molar-refractivity contribution in [3.05, 3.63) is 89.9 Å². The van der Waals surface area contributed by atoms with Crippen molar-refractivity contribution in [2.24, 2.45) is 0 Å². The van der Waals surface area contributed by atoms with Crippen LogP contribution in [-0.2, 0) is 6.42 Å². The Hall–Kier alpha value is -4.59. The average Bonchev–Trinajstić information content (AvgIpc) is 3.44. The number of ketones is 1. The Labute approximate surface area is 188 Å². The minimum absolute atomic E-state index is 0.0846. The van der Waals surface area contributed by atoms with Gasteiger partial charge in [-0.15, -0.1) is 10.2 Å². The van der Waals surface area contributed by atoms with Crippen LogP contribution in [0.1, 0.15) is 21.8 Å². The van der Waals surface area contributed by atoms with Crippen LogP contribution in [0.2, 0.25) is 0 Å². The Balaban J connectivity index is 1.40. The van der Waals surface area contributed by atoms with Gasteiger partial charge in [-0.3, -0.25) is 9.36 Å². The SMILES string of the molecule is Cc1cc(C(=O)Cc2ccc(-c3nnc4n3-c3cccnc3Nc3ccccc3-4)cc2)no1. The van der Waals surface area contributed by atoms with Gasteiger partial charge in [0.05, 0.1) is 11.4 Å². The molecule has 0 spiro atoms. The van der Waals surface area contributed by atoms with Gasteiger partial charge in [0.15, 0.2) is 23.2 Å². The van der Waals surface area contributed by atoms with Crippen LogP contribution in [0, 0.1) is 6.92 Å². The van der Waals surface area contributed by atoms with Crippen molar-refractivity contribution in [1.29, 1.82) is 0 Å². The number of fused-ring (bicyclic) bond motifs is 5. The molecule has 0 aliphatic carbocycles. The molecule has 160 valence electrons. The Morgan fingerprint density at radius 1 is 1.00 bits per heavy atom. The van der Waals surface area contributed by atoms with Gasteiger partial charge in [-0.05, 0) is 36.8 Å². The van der Waals surface area contributed by atoms with Crippen molar-refractivity contribution in [3.8, 4) is 28.5 Å². The van der Waals surface area contributed by atoms with Crippen LogP contribution in [0.5, 0.6) is 0 Å². The summed E-state index contributed by atoms with van der Waals surface area (Å²) in [6, 6.07) is 21.3. The van der Waals surface area contributed by atoms with E-state index in [1.807, 2.05) is 65.2 Å². The van der Waals surface area contributed by atoms with Gasteiger partial charge < -0.3 is 9.84 Å². The van der Waals surface area contributed by atoms with Crippen LogP contribution in [0.15, 0.2) is 77.4 Å². The van der Waals surface area contributed by atoms with Crippen molar-refractivity contribution in [3.63, 3.8) is 0 Å². The molecule has 33 heavy (non-hydrogen) atoms. The number of pyridine rings is 1. The molecule has 0 saturated carbocycles. The minimum atomic E-state index is -0.0846. The first-order valence-corrected chi connectivity index (χ1v) is 10.5. The Morgan fingerprint density at radius 3 is 2.64 bits per heavy atom. The summed E-state index contributed by atoms with van der Waals surface area (Å²) in [4.78, 5) is 17.0. The lowest BCUT2D eigenvalue weighted by Crippen LogP contribution is -2.04. The molecule has 8 heteroatoms. The van der Waals surface area contributed by atoms with E-state index >= 15 is 0 Å². The Bertz CT molecular complexity index is 1500. The van der Waals surface area contributed by atoms with Gasteiger partial charge in [0.1, 0.15) is 11.5 Å². The van der Waals surface area contributed by atoms with Gasteiger partial charge in [0.25, 0.3) is 0 Å². The number of aryl methyl sites for hydroxylation is 1. The first-order valence-electron chi connectivity index (χ1n) is 10.5. The summed E-state index contributed by atoms with van der Waals surface area (Å²) in [5.41, 5.74) is 4.84. The number of aromatic nitrogens is 5. The second kappa shape index (κ2) is 7.52. The van der Waals surface area contributed by atoms with E-state index in [2.05, 4.69) is 25.7 Å². The lowest BCUT2D eigenvalue weighted by atomic mass is 10.0. The molecule has 0 unspecified atom stereocenters. The Kier molecular flexibility index (Phi) is 4.36. The number of benzene rings is 2. The van der Waals surface area contributed by atoms with Crippen molar-refractivity contribution in [1.82, 2.24) is 24.9 Å². The number of hydrogen-bond acceptors (Lipinski definition) is 7. The molecule has 3 aromatic heterocycles. The molecule has 0 atom stereocenters. The van der Waals surface area contributed by atoms with E-state index in [1.165, 1.54) is 0 Å². The highest BCUT2D eigenvalue weighted by molar-refractivity contribution is 5.95. The molecule has 0 bridgehead atoms. The fourth-order valence-electron chi connectivity index (χ4n) is 4.01. The van der Waals surface area contributed by atoms with Crippen molar-refractivity contribution in [2.75, 3.05) is 5.32 Å². The van der Waals surface area contributed by atoms with E-state index < -0.39 is 0 Å². The molecule has 0 radical (unpaired) electrons. The van der Waals surface area contributed by atoms with E-state index in [9.17, 15) is 4.79 Å². The van der Waals surface area contributed by atoms with E-state index in [0.717, 1.165) is 39.7 Å². The number of hydrogen-bond donors (Lipinski definition) is 1. The summed E-state index contributed by atoms with van der Waals surface area (Å²) in [7, 11) is 0. The molecule has 0 saturated heterocycles. The maximum absolute atomic E-state index is 12.5. The summed E-state index contributed by atoms with van der Waals surface area (Å²) in [6.45, 7) is 1.77. The molecule has 0 amide bonds. The number of carbonyl (C=O) groups is 1. The van der Waals surface area contributed by atoms with Crippen molar-refractivity contribution < 1.29 is 9.32 Å². The largest absolute Gasteiger partial charge is 0.361 e. The van der Waals surface area contributed by atoms with Crippen molar-refractivity contribution in [2.45, 2.75) is 13.3 Å². The van der Waals surface area contributed by atoms with Crippen molar-refractivity contribution >= 4 is 17.3 Å². The van der Waals surface area contributed by atoms with Gasteiger partial charge in [-0.25, -0.2) is 4.98 Å². The van der Waals surface area contributed by atoms with Gasteiger partial charge in [0.2, 0.25) is 0 Å². The predicted octanol–water partition coefficient (Wildman–Crippen LogP) is 4.78. The first kappa shape index (κ1) is 19.1. The van der Waals surface area contributed by atoms with Crippen LogP contribution in [-0.4, -0.2) is 30.7 Å². The fourth-order valence-corrected chi connectivity index (χ4v) is 4.01. The third-order valence-corrected chi connectivity index (χ3v) is 5.60. The minimum Gasteiger partial charge on any atom is -0.361 e. The Morgan fingerprint density at radius 2 is 1.82 bits per heavy atom. The number of nitrogens with one attached hydrogen (secondary N) is 1. The maximum Gasteiger partial charge on any atom is 0.189 e. The first-order chi connectivity index (χ1) is 16.2. The third kappa shape index (κ3) is 3.28. The lowest BCUT2D eigenvalue weighted by molar-refractivity contribution is 0.0984. The van der Waals surface area contributed by atoms with Crippen LogP contribution in [0.4, 0.5) is 11.5 Å². The number of rotatable bonds is 4. The van der Waals surface area contributed by atoms with Crippen LogP contribution >= 0.6 is 0 Å². The topological polar surface area (TPSA) is 98.7 Å². The molecular formula is C25H18N6O2. The van der Waals surface area contributed by atoms with Gasteiger partial charge >= 0.3 is 0 Å². The van der Waals surface area contributed by atoms with Crippen LogP contribution in [0.3, 0.4) is 0 Å². The molecule has 4 heterocycles. The summed E-state index contributed by atoms with van der Waals surface area (Å²) >= 11 is 0. The average molecular weight is 434 g/mol. The predicted molar refractivity (Wildman–Crippen MR) is 123 cm³/mol. The number of Topliss-reactive ketones (excluding diaryl/α,β-unsaturated/α-hetero) is 1. The zero-order chi connectivity index (χ0) is 22.4. The number of para-hydroxylation sites is 1. The van der Waals surface area contributed by atoms with Gasteiger partial charge in [-0.2, -0.15) is 0 Å².